The van der Waals surface area contributed by atoms with Gasteiger partial charge in [-0.15, -0.1) is 0 Å². The normalized spacial score (nSPS) is 10.7. The van der Waals surface area contributed by atoms with Gasteiger partial charge in [-0.2, -0.15) is 11.8 Å². The quantitative estimate of drug-likeness (QED) is 0.711. The molecule has 0 aliphatic carbocycles. The molecule has 18 heavy (non-hydrogen) atoms. The zero-order chi connectivity index (χ0) is 13.1. The Balaban J connectivity index is 2.56. The number of rotatable bonds is 3. The molecule has 1 aromatic heterocycles. The van der Waals surface area contributed by atoms with Gasteiger partial charge >= 0.3 is 0 Å². The van der Waals surface area contributed by atoms with E-state index < -0.39 is 0 Å². The highest BCUT2D eigenvalue weighted by Crippen LogP contribution is 2.36. The first-order valence-electron chi connectivity index (χ1n) is 5.09. The van der Waals surface area contributed by atoms with E-state index >= 15 is 0 Å². The van der Waals surface area contributed by atoms with Crippen molar-refractivity contribution in [1.29, 1.82) is 0 Å². The number of hydrogen-bond donors (Lipinski definition) is 0. The summed E-state index contributed by atoms with van der Waals surface area (Å²) in [6, 6.07) is 7.70. The second kappa shape index (κ2) is 6.24. The molecular weight excluding hydrogens is 355 g/mol. The summed E-state index contributed by atoms with van der Waals surface area (Å²) in [6.07, 6.45) is 1.98. The van der Waals surface area contributed by atoms with Crippen LogP contribution in [0.4, 0.5) is 0 Å². The molecule has 0 radical (unpaired) electrons. The Kier molecular flexibility index (Phi) is 4.90. The second-order valence-electron chi connectivity index (χ2n) is 3.51. The van der Waals surface area contributed by atoms with Crippen molar-refractivity contribution in [2.75, 3.05) is 6.26 Å². The molecule has 0 fully saturated rings. The summed E-state index contributed by atoms with van der Waals surface area (Å²) < 4.78 is 0.912. The minimum atomic E-state index is 0.381. The Morgan fingerprint density at radius 2 is 1.78 bits per heavy atom. The van der Waals surface area contributed by atoms with Gasteiger partial charge in [-0.1, -0.05) is 57.3 Å². The van der Waals surface area contributed by atoms with Crippen molar-refractivity contribution in [2.45, 2.75) is 5.75 Å². The smallest absolute Gasteiger partial charge is 0.142 e. The molecule has 0 amide bonds. The summed E-state index contributed by atoms with van der Waals surface area (Å²) >= 11 is 17.5. The molecule has 94 valence electrons. The molecule has 1 heterocycles. The fourth-order valence-corrected chi connectivity index (χ4v) is 3.02. The molecule has 0 atom stereocenters. The van der Waals surface area contributed by atoms with E-state index in [9.17, 15) is 0 Å². The SMILES string of the molecule is CSCc1nc(Cl)c(-c2ccccc2Br)c(Cl)n1. The molecule has 0 aliphatic heterocycles. The topological polar surface area (TPSA) is 25.8 Å². The molecule has 0 saturated carbocycles. The van der Waals surface area contributed by atoms with Gasteiger partial charge in [-0.05, 0) is 12.3 Å². The van der Waals surface area contributed by atoms with Crippen molar-refractivity contribution in [3.63, 3.8) is 0 Å². The van der Waals surface area contributed by atoms with Crippen LogP contribution in [-0.2, 0) is 5.75 Å². The summed E-state index contributed by atoms with van der Waals surface area (Å²) in [4.78, 5) is 8.54. The predicted octanol–water partition coefficient (Wildman–Crippen LogP) is 5.08. The number of thioether (sulfide) groups is 1. The largest absolute Gasteiger partial charge is 0.220 e. The Bertz CT molecular complexity index is 555. The first kappa shape index (κ1) is 14.1. The van der Waals surface area contributed by atoms with Crippen molar-refractivity contribution in [2.24, 2.45) is 0 Å². The van der Waals surface area contributed by atoms with E-state index in [0.717, 1.165) is 10.0 Å². The average Bonchev–Trinajstić information content (AvgIpc) is 2.31. The number of aromatic nitrogens is 2. The highest BCUT2D eigenvalue weighted by Gasteiger charge is 2.15. The minimum Gasteiger partial charge on any atom is -0.220 e. The van der Waals surface area contributed by atoms with Crippen LogP contribution in [0.1, 0.15) is 5.82 Å². The predicted molar refractivity (Wildman–Crippen MR) is 82.4 cm³/mol. The summed E-state index contributed by atoms with van der Waals surface area (Å²) in [6.45, 7) is 0. The number of benzene rings is 1. The highest BCUT2D eigenvalue weighted by atomic mass is 79.9. The second-order valence-corrected chi connectivity index (χ2v) is 5.95. The monoisotopic (exact) mass is 362 g/mol. The Hall–Kier alpha value is -0.290. The van der Waals surface area contributed by atoms with Crippen molar-refractivity contribution in [1.82, 2.24) is 9.97 Å². The zero-order valence-electron chi connectivity index (χ0n) is 9.45. The van der Waals surface area contributed by atoms with Crippen molar-refractivity contribution in [3.8, 4) is 11.1 Å². The van der Waals surface area contributed by atoms with E-state index in [0.29, 0.717) is 27.4 Å². The molecule has 0 spiro atoms. The summed E-state index contributed by atoms with van der Waals surface area (Å²) in [5, 5.41) is 0.761. The van der Waals surface area contributed by atoms with Gasteiger partial charge in [0.15, 0.2) is 0 Å². The standard InChI is InChI=1S/C12H9BrCl2N2S/c1-18-6-9-16-11(14)10(12(15)17-9)7-4-2-3-5-8(7)13/h2-5H,6H2,1H3. The van der Waals surface area contributed by atoms with Gasteiger partial charge in [-0.3, -0.25) is 0 Å². The van der Waals surface area contributed by atoms with Crippen molar-refractivity contribution < 1.29 is 0 Å². The molecule has 2 aromatic rings. The Labute approximate surface area is 128 Å². The van der Waals surface area contributed by atoms with E-state index in [1.165, 1.54) is 0 Å². The van der Waals surface area contributed by atoms with E-state index in [1.807, 2.05) is 30.5 Å². The highest BCUT2D eigenvalue weighted by molar-refractivity contribution is 9.10. The van der Waals surface area contributed by atoms with E-state index in [2.05, 4.69) is 25.9 Å². The van der Waals surface area contributed by atoms with Crippen LogP contribution in [0.2, 0.25) is 10.3 Å². The first-order chi connectivity index (χ1) is 8.63. The molecule has 0 unspecified atom stereocenters. The summed E-state index contributed by atoms with van der Waals surface area (Å²) in [7, 11) is 0. The van der Waals surface area contributed by atoms with Crippen LogP contribution < -0.4 is 0 Å². The van der Waals surface area contributed by atoms with Gasteiger partial charge in [0.25, 0.3) is 0 Å². The van der Waals surface area contributed by atoms with E-state index in [4.69, 9.17) is 23.2 Å². The van der Waals surface area contributed by atoms with Gasteiger partial charge in [0.2, 0.25) is 0 Å². The number of hydrogen-bond acceptors (Lipinski definition) is 3. The van der Waals surface area contributed by atoms with E-state index in [1.54, 1.807) is 11.8 Å². The Morgan fingerprint density at radius 1 is 1.17 bits per heavy atom. The zero-order valence-corrected chi connectivity index (χ0v) is 13.4. The maximum Gasteiger partial charge on any atom is 0.142 e. The third-order valence-electron chi connectivity index (χ3n) is 2.28. The third-order valence-corrected chi connectivity index (χ3v) is 4.07. The van der Waals surface area contributed by atoms with Crippen molar-refractivity contribution >= 4 is 50.9 Å². The van der Waals surface area contributed by atoms with Crippen LogP contribution in [-0.4, -0.2) is 16.2 Å². The van der Waals surface area contributed by atoms with Gasteiger partial charge < -0.3 is 0 Å². The van der Waals surface area contributed by atoms with Gasteiger partial charge in [0.05, 0.1) is 11.3 Å². The summed E-state index contributed by atoms with van der Waals surface area (Å²) in [5.41, 5.74) is 1.55. The minimum absolute atomic E-state index is 0.381. The maximum atomic E-state index is 6.21. The number of nitrogens with zero attached hydrogens (tertiary/aromatic N) is 2. The molecule has 0 N–H and O–H groups in total. The lowest BCUT2D eigenvalue weighted by Gasteiger charge is -2.09. The molecule has 2 nitrogen and oxygen atoms in total. The fourth-order valence-electron chi connectivity index (χ4n) is 1.53. The van der Waals surface area contributed by atoms with E-state index in [-0.39, 0.29) is 0 Å². The lowest BCUT2D eigenvalue weighted by molar-refractivity contribution is 1.04. The molecular formula is C12H9BrCl2N2S. The number of halogens is 3. The average molecular weight is 364 g/mol. The molecule has 0 bridgehead atoms. The molecule has 1 aromatic carbocycles. The van der Waals surface area contributed by atoms with Gasteiger partial charge in [0.1, 0.15) is 16.1 Å². The van der Waals surface area contributed by atoms with Crippen LogP contribution in [0.15, 0.2) is 28.7 Å². The maximum absolute atomic E-state index is 6.21. The third kappa shape index (κ3) is 2.99. The molecule has 0 saturated heterocycles. The first-order valence-corrected chi connectivity index (χ1v) is 8.03. The van der Waals surface area contributed by atoms with Crippen molar-refractivity contribution in [3.05, 3.63) is 44.9 Å². The molecule has 0 aliphatic rings. The fraction of sp³-hybridized carbons (Fsp3) is 0.167. The molecule has 2 rings (SSSR count). The summed E-state index contributed by atoms with van der Waals surface area (Å²) in [5.74, 6) is 1.34. The Morgan fingerprint density at radius 3 is 2.33 bits per heavy atom. The lowest BCUT2D eigenvalue weighted by Crippen LogP contribution is -1.97. The van der Waals surface area contributed by atoms with Crippen LogP contribution in [0, 0.1) is 0 Å². The van der Waals surface area contributed by atoms with Gasteiger partial charge in [-0.25, -0.2) is 9.97 Å². The van der Waals surface area contributed by atoms with Crippen LogP contribution in [0.5, 0.6) is 0 Å². The van der Waals surface area contributed by atoms with Gasteiger partial charge in [0, 0.05) is 10.0 Å². The molecule has 6 heteroatoms. The van der Waals surface area contributed by atoms with Crippen LogP contribution in [0.25, 0.3) is 11.1 Å². The lowest BCUT2D eigenvalue weighted by atomic mass is 10.1. The van der Waals surface area contributed by atoms with Crippen LogP contribution >= 0.6 is 50.9 Å². The van der Waals surface area contributed by atoms with Crippen LogP contribution in [0.3, 0.4) is 0 Å².